The van der Waals surface area contributed by atoms with Crippen LogP contribution in [-0.2, 0) is 6.54 Å². The van der Waals surface area contributed by atoms with Gasteiger partial charge in [0, 0.05) is 15.9 Å². The van der Waals surface area contributed by atoms with E-state index in [4.69, 9.17) is 0 Å². The maximum atomic E-state index is 13.9. The molecule has 112 valence electrons. The molecule has 3 nitrogen and oxygen atoms in total. The lowest BCUT2D eigenvalue weighted by Crippen LogP contribution is -2.24. The third kappa shape index (κ3) is 4.04. The van der Waals surface area contributed by atoms with Crippen molar-refractivity contribution in [3.63, 3.8) is 0 Å². The molecule has 0 aliphatic carbocycles. The molecule has 2 rings (SSSR count). The van der Waals surface area contributed by atoms with Gasteiger partial charge in [0.15, 0.2) is 0 Å². The quantitative estimate of drug-likeness (QED) is 0.790. The molecule has 1 aromatic carbocycles. The van der Waals surface area contributed by atoms with Gasteiger partial charge >= 0.3 is 0 Å². The first-order valence-electron chi connectivity index (χ1n) is 6.66. The second kappa shape index (κ2) is 7.56. The Hall–Kier alpha value is -1.40. The summed E-state index contributed by atoms with van der Waals surface area (Å²) >= 11 is 4.98. The minimum absolute atomic E-state index is 0.266. The van der Waals surface area contributed by atoms with Crippen molar-refractivity contribution in [2.45, 2.75) is 19.9 Å². The van der Waals surface area contributed by atoms with Gasteiger partial charge in [-0.25, -0.2) is 4.39 Å². The average molecular weight is 371 g/mol. The molecule has 0 saturated carbocycles. The first-order valence-corrected chi connectivity index (χ1v) is 8.33. The molecule has 0 atom stereocenters. The van der Waals surface area contributed by atoms with Gasteiger partial charge in [0.25, 0.3) is 5.91 Å². The van der Waals surface area contributed by atoms with Crippen LogP contribution in [0.1, 0.15) is 28.6 Å². The molecular formula is C15H16BrFN2OS. The molecule has 0 unspecified atom stereocenters. The molecule has 1 heterocycles. The van der Waals surface area contributed by atoms with E-state index < -0.39 is 5.82 Å². The highest BCUT2D eigenvalue weighted by molar-refractivity contribution is 9.10. The fourth-order valence-corrected chi connectivity index (χ4v) is 3.28. The second-order valence-corrected chi connectivity index (χ2v) is 6.32. The Morgan fingerprint density at radius 2 is 2.19 bits per heavy atom. The molecule has 0 bridgehead atoms. The van der Waals surface area contributed by atoms with E-state index in [0.29, 0.717) is 18.7 Å². The number of thiophene rings is 1. The summed E-state index contributed by atoms with van der Waals surface area (Å²) in [7, 11) is 0. The zero-order chi connectivity index (χ0) is 15.2. The third-order valence-corrected chi connectivity index (χ3v) is 4.84. The van der Waals surface area contributed by atoms with Crippen LogP contribution in [0.4, 0.5) is 10.1 Å². The molecule has 2 N–H and O–H groups in total. The lowest BCUT2D eigenvalue weighted by atomic mass is 10.1. The van der Waals surface area contributed by atoms with E-state index in [2.05, 4.69) is 26.6 Å². The number of carbonyl (C=O) groups excluding carboxylic acids is 1. The van der Waals surface area contributed by atoms with Crippen LogP contribution >= 0.6 is 27.3 Å². The average Bonchev–Trinajstić information content (AvgIpc) is 2.88. The summed E-state index contributed by atoms with van der Waals surface area (Å²) in [5.74, 6) is -0.693. The minimum Gasteiger partial charge on any atom is -0.382 e. The number of amides is 1. The molecular weight excluding hydrogens is 355 g/mol. The number of hydrogen-bond donors (Lipinski definition) is 2. The zero-order valence-corrected chi connectivity index (χ0v) is 14.0. The van der Waals surface area contributed by atoms with E-state index in [9.17, 15) is 9.18 Å². The molecule has 6 heteroatoms. The number of hydrogen-bond acceptors (Lipinski definition) is 3. The number of benzene rings is 1. The van der Waals surface area contributed by atoms with Gasteiger partial charge in [-0.15, -0.1) is 11.3 Å². The van der Waals surface area contributed by atoms with Gasteiger partial charge in [-0.05, 0) is 45.9 Å². The lowest BCUT2D eigenvalue weighted by Gasteiger charge is -2.12. The fourth-order valence-electron chi connectivity index (χ4n) is 1.85. The lowest BCUT2D eigenvalue weighted by molar-refractivity contribution is 0.0951. The molecule has 0 fully saturated rings. The number of rotatable bonds is 6. The second-order valence-electron chi connectivity index (χ2n) is 4.46. The Labute approximate surface area is 135 Å². The summed E-state index contributed by atoms with van der Waals surface area (Å²) in [6, 6.07) is 6.45. The molecule has 0 aliphatic heterocycles. The highest BCUT2D eigenvalue weighted by Crippen LogP contribution is 2.23. The molecule has 0 aliphatic rings. The summed E-state index contributed by atoms with van der Waals surface area (Å²) in [6.45, 7) is 3.03. The number of nitrogens with one attached hydrogen (secondary N) is 2. The summed E-state index contributed by atoms with van der Waals surface area (Å²) in [6.07, 6.45) is 0.859. The topological polar surface area (TPSA) is 41.1 Å². The van der Waals surface area contributed by atoms with E-state index in [1.165, 1.54) is 6.07 Å². The highest BCUT2D eigenvalue weighted by Gasteiger charge is 2.15. The minimum atomic E-state index is -0.409. The maximum absolute atomic E-state index is 13.9. The van der Waals surface area contributed by atoms with E-state index in [1.54, 1.807) is 23.5 Å². The predicted molar refractivity (Wildman–Crippen MR) is 88.4 cm³/mol. The summed E-state index contributed by atoms with van der Waals surface area (Å²) in [5.41, 5.74) is 0.596. The molecule has 0 spiro atoms. The van der Waals surface area contributed by atoms with Crippen LogP contribution in [0.2, 0.25) is 0 Å². The van der Waals surface area contributed by atoms with Gasteiger partial charge in [0.1, 0.15) is 5.82 Å². The van der Waals surface area contributed by atoms with Crippen molar-refractivity contribution in [3.8, 4) is 0 Å². The normalized spacial score (nSPS) is 10.4. The van der Waals surface area contributed by atoms with Crippen molar-refractivity contribution in [1.29, 1.82) is 0 Å². The van der Waals surface area contributed by atoms with Crippen LogP contribution in [0.3, 0.4) is 0 Å². The number of carbonyl (C=O) groups is 1. The molecule has 21 heavy (non-hydrogen) atoms. The summed E-state index contributed by atoms with van der Waals surface area (Å²) in [5, 5.41) is 7.74. The van der Waals surface area contributed by atoms with Gasteiger partial charge in [-0.3, -0.25) is 4.79 Å². The van der Waals surface area contributed by atoms with Gasteiger partial charge in [0.05, 0.1) is 17.8 Å². The van der Waals surface area contributed by atoms with Crippen molar-refractivity contribution in [3.05, 3.63) is 50.4 Å². The van der Waals surface area contributed by atoms with Crippen LogP contribution in [0.25, 0.3) is 0 Å². The van der Waals surface area contributed by atoms with E-state index in [0.717, 1.165) is 15.8 Å². The number of para-hydroxylation sites is 1. The fraction of sp³-hybridized carbons (Fsp3) is 0.267. The Morgan fingerprint density at radius 3 is 2.86 bits per heavy atom. The zero-order valence-electron chi connectivity index (χ0n) is 11.6. The van der Waals surface area contributed by atoms with Crippen LogP contribution in [0, 0.1) is 5.82 Å². The van der Waals surface area contributed by atoms with Gasteiger partial charge in [-0.2, -0.15) is 0 Å². The largest absolute Gasteiger partial charge is 0.382 e. The molecule has 1 amide bonds. The molecule has 0 saturated heterocycles. The van der Waals surface area contributed by atoms with Gasteiger partial charge in [-0.1, -0.05) is 13.0 Å². The smallest absolute Gasteiger partial charge is 0.253 e. The monoisotopic (exact) mass is 370 g/mol. The third-order valence-electron chi connectivity index (χ3n) is 2.91. The van der Waals surface area contributed by atoms with Crippen molar-refractivity contribution in [2.75, 3.05) is 11.9 Å². The highest BCUT2D eigenvalue weighted by atomic mass is 79.9. The van der Waals surface area contributed by atoms with Crippen molar-refractivity contribution >= 4 is 38.9 Å². The van der Waals surface area contributed by atoms with Crippen LogP contribution in [0.5, 0.6) is 0 Å². The van der Waals surface area contributed by atoms with Crippen molar-refractivity contribution in [1.82, 2.24) is 5.32 Å². The summed E-state index contributed by atoms with van der Waals surface area (Å²) in [4.78, 5) is 13.3. The van der Waals surface area contributed by atoms with Gasteiger partial charge in [0.2, 0.25) is 0 Å². The van der Waals surface area contributed by atoms with Gasteiger partial charge < -0.3 is 10.6 Å². The SMILES string of the molecule is CCCNc1c(F)cccc1C(=O)NCc1sccc1Br. The van der Waals surface area contributed by atoms with Crippen molar-refractivity contribution < 1.29 is 9.18 Å². The first kappa shape index (κ1) is 16.0. The van der Waals surface area contributed by atoms with E-state index in [-0.39, 0.29) is 11.6 Å². The Bertz CT molecular complexity index is 630. The molecule has 2 aromatic rings. The molecule has 1 aromatic heterocycles. The Kier molecular flexibility index (Phi) is 5.76. The van der Waals surface area contributed by atoms with E-state index in [1.807, 2.05) is 18.4 Å². The van der Waals surface area contributed by atoms with Crippen LogP contribution in [-0.4, -0.2) is 12.5 Å². The Morgan fingerprint density at radius 1 is 1.38 bits per heavy atom. The standard InChI is InChI=1S/C15H16BrFN2OS/c1-2-7-18-14-10(4-3-5-12(14)17)15(20)19-9-13-11(16)6-8-21-13/h3-6,8,18H,2,7,9H2,1H3,(H,19,20). The molecule has 0 radical (unpaired) electrons. The summed E-state index contributed by atoms with van der Waals surface area (Å²) < 4.78 is 14.8. The first-order chi connectivity index (χ1) is 10.1. The van der Waals surface area contributed by atoms with Crippen LogP contribution in [0.15, 0.2) is 34.1 Å². The maximum Gasteiger partial charge on any atom is 0.253 e. The van der Waals surface area contributed by atoms with Crippen LogP contribution < -0.4 is 10.6 Å². The van der Waals surface area contributed by atoms with E-state index >= 15 is 0 Å². The number of halogens is 2. The number of anilines is 1. The Balaban J connectivity index is 2.11. The van der Waals surface area contributed by atoms with Crippen molar-refractivity contribution in [2.24, 2.45) is 0 Å². The predicted octanol–water partition coefficient (Wildman–Crippen LogP) is 4.40.